The second-order valence-electron chi connectivity index (χ2n) is 4.19. The number of rotatable bonds is 6. The summed E-state index contributed by atoms with van der Waals surface area (Å²) in [4.78, 5) is 13.6. The van der Waals surface area contributed by atoms with Crippen LogP contribution < -0.4 is 21.5 Å². The van der Waals surface area contributed by atoms with Gasteiger partial charge in [0.2, 0.25) is 10.0 Å². The van der Waals surface area contributed by atoms with Gasteiger partial charge in [0.15, 0.2) is 5.58 Å². The second kappa shape index (κ2) is 5.55. The topological polar surface area (TPSA) is 130 Å². The molecule has 2 rings (SSSR count). The number of nitrogen functional groups attached to an aromatic ring is 1. The maximum Gasteiger partial charge on any atom is 0.417 e. The predicted molar refractivity (Wildman–Crippen MR) is 77.2 cm³/mol. The molecule has 0 bridgehead atoms. The number of nitrogens with one attached hydrogen (secondary N) is 3. The van der Waals surface area contributed by atoms with Crippen molar-refractivity contribution in [3.05, 3.63) is 22.7 Å². The SMILES string of the molecule is CCNS(=O)(=O)CCNc1cc2[nH]c(=O)oc2cc1N. The summed E-state index contributed by atoms with van der Waals surface area (Å²) in [6.07, 6.45) is 0. The van der Waals surface area contributed by atoms with E-state index in [1.165, 1.54) is 6.07 Å². The van der Waals surface area contributed by atoms with E-state index < -0.39 is 15.8 Å². The Morgan fingerprint density at radius 3 is 2.85 bits per heavy atom. The summed E-state index contributed by atoms with van der Waals surface area (Å²) in [5.41, 5.74) is 7.58. The molecule has 0 radical (unpaired) electrons. The fourth-order valence-electron chi connectivity index (χ4n) is 1.78. The molecule has 2 aromatic rings. The molecule has 0 aliphatic heterocycles. The van der Waals surface area contributed by atoms with Crippen LogP contribution >= 0.6 is 0 Å². The van der Waals surface area contributed by atoms with Crippen LogP contribution in [0.4, 0.5) is 11.4 Å². The van der Waals surface area contributed by atoms with Gasteiger partial charge in [-0.25, -0.2) is 17.9 Å². The number of benzene rings is 1. The van der Waals surface area contributed by atoms with Gasteiger partial charge in [-0.05, 0) is 6.07 Å². The van der Waals surface area contributed by atoms with E-state index in [1.807, 2.05) is 0 Å². The summed E-state index contributed by atoms with van der Waals surface area (Å²) in [5, 5.41) is 2.92. The maximum absolute atomic E-state index is 11.5. The lowest BCUT2D eigenvalue weighted by atomic mass is 10.2. The first-order valence-corrected chi connectivity index (χ1v) is 7.70. The molecule has 0 saturated heterocycles. The zero-order valence-corrected chi connectivity index (χ0v) is 11.7. The van der Waals surface area contributed by atoms with Crippen LogP contribution in [0.5, 0.6) is 0 Å². The molecule has 0 atom stereocenters. The zero-order chi connectivity index (χ0) is 14.8. The minimum Gasteiger partial charge on any atom is -0.408 e. The van der Waals surface area contributed by atoms with E-state index in [-0.39, 0.29) is 12.3 Å². The molecular formula is C11H16N4O4S. The van der Waals surface area contributed by atoms with Gasteiger partial charge in [0.05, 0.1) is 22.6 Å². The maximum atomic E-state index is 11.5. The van der Waals surface area contributed by atoms with Crippen LogP contribution in [0.1, 0.15) is 6.92 Å². The Bertz CT molecular complexity index is 762. The van der Waals surface area contributed by atoms with E-state index in [4.69, 9.17) is 10.2 Å². The zero-order valence-electron chi connectivity index (χ0n) is 10.9. The fraction of sp³-hybridized carbons (Fsp3) is 0.364. The van der Waals surface area contributed by atoms with Crippen molar-refractivity contribution in [2.24, 2.45) is 0 Å². The Morgan fingerprint density at radius 2 is 2.15 bits per heavy atom. The van der Waals surface area contributed by atoms with Crippen LogP contribution in [-0.4, -0.2) is 32.2 Å². The van der Waals surface area contributed by atoms with Gasteiger partial charge in [0.1, 0.15) is 0 Å². The molecule has 9 heteroatoms. The van der Waals surface area contributed by atoms with Gasteiger partial charge in [-0.15, -0.1) is 0 Å². The molecule has 0 aliphatic rings. The Balaban J connectivity index is 2.10. The van der Waals surface area contributed by atoms with Gasteiger partial charge in [0.25, 0.3) is 0 Å². The lowest BCUT2D eigenvalue weighted by Crippen LogP contribution is -2.29. The Hall–Kier alpha value is -2.00. The van der Waals surface area contributed by atoms with Gasteiger partial charge < -0.3 is 15.5 Å². The van der Waals surface area contributed by atoms with Gasteiger partial charge in [-0.1, -0.05) is 6.92 Å². The largest absolute Gasteiger partial charge is 0.417 e. The lowest BCUT2D eigenvalue weighted by Gasteiger charge is -2.09. The van der Waals surface area contributed by atoms with Crippen LogP contribution in [0.3, 0.4) is 0 Å². The third-order valence-corrected chi connectivity index (χ3v) is 4.11. The highest BCUT2D eigenvalue weighted by Gasteiger charge is 2.10. The van der Waals surface area contributed by atoms with Crippen LogP contribution in [0.2, 0.25) is 0 Å². The molecule has 20 heavy (non-hydrogen) atoms. The summed E-state index contributed by atoms with van der Waals surface area (Å²) < 4.78 is 30.2. The van der Waals surface area contributed by atoms with E-state index in [2.05, 4.69) is 15.0 Å². The van der Waals surface area contributed by atoms with Crippen molar-refractivity contribution < 1.29 is 12.8 Å². The highest BCUT2D eigenvalue weighted by atomic mass is 32.2. The Labute approximate surface area is 115 Å². The number of nitrogens with two attached hydrogens (primary N) is 1. The van der Waals surface area contributed by atoms with E-state index in [0.29, 0.717) is 29.0 Å². The van der Waals surface area contributed by atoms with Gasteiger partial charge >= 0.3 is 5.76 Å². The van der Waals surface area contributed by atoms with Gasteiger partial charge in [-0.3, -0.25) is 4.98 Å². The highest BCUT2D eigenvalue weighted by molar-refractivity contribution is 7.89. The van der Waals surface area contributed by atoms with Crippen LogP contribution in [-0.2, 0) is 10.0 Å². The molecule has 0 spiro atoms. The summed E-state index contributed by atoms with van der Waals surface area (Å²) in [6.45, 7) is 2.27. The average Bonchev–Trinajstić information content (AvgIpc) is 2.68. The number of fused-ring (bicyclic) bond motifs is 1. The molecule has 0 fully saturated rings. The number of H-pyrrole nitrogens is 1. The monoisotopic (exact) mass is 300 g/mol. The Kier molecular flexibility index (Phi) is 4.00. The molecular weight excluding hydrogens is 284 g/mol. The minimum absolute atomic E-state index is 0.0692. The molecule has 5 N–H and O–H groups in total. The molecule has 0 unspecified atom stereocenters. The molecule has 1 heterocycles. The van der Waals surface area contributed by atoms with Crippen molar-refractivity contribution in [1.29, 1.82) is 0 Å². The third kappa shape index (κ3) is 3.31. The van der Waals surface area contributed by atoms with E-state index in [0.717, 1.165) is 0 Å². The summed E-state index contributed by atoms with van der Waals surface area (Å²) in [6, 6.07) is 3.11. The first-order chi connectivity index (χ1) is 9.41. The average molecular weight is 300 g/mol. The van der Waals surface area contributed by atoms with E-state index in [1.54, 1.807) is 13.0 Å². The lowest BCUT2D eigenvalue weighted by molar-refractivity contribution is 0.555. The summed E-state index contributed by atoms with van der Waals surface area (Å²) >= 11 is 0. The van der Waals surface area contributed by atoms with Gasteiger partial charge in [0, 0.05) is 19.2 Å². The molecule has 8 nitrogen and oxygen atoms in total. The standard InChI is InChI=1S/C11H16N4O4S/c1-2-14-20(17,18)4-3-13-8-6-9-10(5-7(8)12)19-11(16)15-9/h5-6,13-14H,2-4,12H2,1H3,(H,15,16). The first kappa shape index (κ1) is 14.4. The second-order valence-corrected chi connectivity index (χ2v) is 6.12. The predicted octanol–water partition coefficient (Wildman–Crippen LogP) is 0.0545. The smallest absolute Gasteiger partial charge is 0.408 e. The fourth-order valence-corrected chi connectivity index (χ4v) is 2.73. The molecule has 1 aromatic carbocycles. The number of hydrogen-bond acceptors (Lipinski definition) is 6. The number of hydrogen-bond donors (Lipinski definition) is 4. The minimum atomic E-state index is -3.28. The van der Waals surface area contributed by atoms with Crippen molar-refractivity contribution in [2.75, 3.05) is 29.9 Å². The molecule has 0 saturated carbocycles. The third-order valence-electron chi connectivity index (χ3n) is 2.64. The summed E-state index contributed by atoms with van der Waals surface area (Å²) in [7, 11) is -3.28. The summed E-state index contributed by atoms with van der Waals surface area (Å²) in [5.74, 6) is -0.633. The molecule has 0 amide bonds. The number of sulfonamides is 1. The first-order valence-electron chi connectivity index (χ1n) is 6.05. The molecule has 110 valence electrons. The normalized spacial score (nSPS) is 11.8. The van der Waals surface area contributed by atoms with Crippen molar-refractivity contribution >= 4 is 32.5 Å². The van der Waals surface area contributed by atoms with Gasteiger partial charge in [-0.2, -0.15) is 0 Å². The van der Waals surface area contributed by atoms with Crippen molar-refractivity contribution in [3.8, 4) is 0 Å². The highest BCUT2D eigenvalue weighted by Crippen LogP contribution is 2.24. The Morgan fingerprint density at radius 1 is 1.40 bits per heavy atom. The van der Waals surface area contributed by atoms with Crippen molar-refractivity contribution in [3.63, 3.8) is 0 Å². The number of anilines is 2. The van der Waals surface area contributed by atoms with Crippen molar-refractivity contribution in [2.45, 2.75) is 6.92 Å². The number of oxazole rings is 1. The van der Waals surface area contributed by atoms with Crippen LogP contribution in [0, 0.1) is 0 Å². The van der Waals surface area contributed by atoms with Crippen molar-refractivity contribution in [1.82, 2.24) is 9.71 Å². The molecule has 0 aliphatic carbocycles. The molecule has 1 aromatic heterocycles. The quantitative estimate of drug-likeness (QED) is 0.558. The van der Waals surface area contributed by atoms with Crippen LogP contribution in [0.25, 0.3) is 11.1 Å². The van der Waals surface area contributed by atoms with E-state index >= 15 is 0 Å². The van der Waals surface area contributed by atoms with Crippen LogP contribution in [0.15, 0.2) is 21.3 Å². The van der Waals surface area contributed by atoms with E-state index in [9.17, 15) is 13.2 Å². The number of aromatic nitrogens is 1. The number of aromatic amines is 1.